The first-order valence-electron chi connectivity index (χ1n) is 6.48. The van der Waals surface area contributed by atoms with Crippen molar-refractivity contribution in [2.24, 2.45) is 0 Å². The molecular formula is C14H16F2O3. The van der Waals surface area contributed by atoms with Crippen molar-refractivity contribution < 1.29 is 23.4 Å². The van der Waals surface area contributed by atoms with Crippen LogP contribution in [0.25, 0.3) is 0 Å². The molecule has 104 valence electrons. The molecular weight excluding hydrogens is 254 g/mol. The number of ether oxygens (including phenoxy) is 2. The second-order valence-electron chi connectivity index (χ2n) is 5.30. The Morgan fingerprint density at radius 2 is 1.95 bits per heavy atom. The first-order valence-corrected chi connectivity index (χ1v) is 6.48. The molecule has 2 aliphatic heterocycles. The quantitative estimate of drug-likeness (QED) is 0.918. The van der Waals surface area contributed by atoms with E-state index in [1.807, 2.05) is 0 Å². The zero-order valence-electron chi connectivity index (χ0n) is 10.4. The normalized spacial score (nSPS) is 33.7. The molecule has 0 radical (unpaired) electrons. The molecule has 1 aromatic rings. The van der Waals surface area contributed by atoms with Crippen LogP contribution in [-0.4, -0.2) is 23.9 Å². The Bertz CT molecular complexity index is 452. The minimum absolute atomic E-state index is 0.0726. The van der Waals surface area contributed by atoms with Crippen LogP contribution in [0, 0.1) is 0 Å². The Morgan fingerprint density at radius 3 is 2.58 bits per heavy atom. The van der Waals surface area contributed by atoms with Crippen LogP contribution < -0.4 is 4.74 Å². The average Bonchev–Trinajstić information content (AvgIpc) is 2.69. The Hall–Kier alpha value is -1.20. The fraction of sp³-hybridized carbons (Fsp3) is 0.571. The number of hydrogen-bond donors (Lipinski definition) is 1. The summed E-state index contributed by atoms with van der Waals surface area (Å²) in [6.07, 6.45) is 3.09. The Labute approximate surface area is 110 Å². The fourth-order valence-electron chi connectivity index (χ4n) is 3.11. The molecule has 2 saturated heterocycles. The van der Waals surface area contributed by atoms with E-state index in [0.717, 1.165) is 12.8 Å². The van der Waals surface area contributed by atoms with Gasteiger partial charge in [0.2, 0.25) is 0 Å². The van der Waals surface area contributed by atoms with Gasteiger partial charge in [0.25, 0.3) is 0 Å². The van der Waals surface area contributed by atoms with E-state index in [9.17, 15) is 13.9 Å². The molecule has 2 heterocycles. The van der Waals surface area contributed by atoms with Crippen molar-refractivity contribution in [2.75, 3.05) is 0 Å². The van der Waals surface area contributed by atoms with E-state index in [-0.39, 0.29) is 18.0 Å². The zero-order valence-corrected chi connectivity index (χ0v) is 10.4. The standard InChI is InChI=1S/C14H16F2O3/c15-13(16)19-10-3-1-2-9(6-10)14(17)7-11-4-5-12(8-14)18-11/h1-3,6,11-13,17H,4-5,7-8H2. The molecule has 2 aliphatic rings. The van der Waals surface area contributed by atoms with Crippen molar-refractivity contribution in [2.45, 2.75) is 50.1 Å². The monoisotopic (exact) mass is 270 g/mol. The molecule has 3 rings (SSSR count). The van der Waals surface area contributed by atoms with E-state index >= 15 is 0 Å². The molecule has 2 atom stereocenters. The van der Waals surface area contributed by atoms with Gasteiger partial charge in [-0.15, -0.1) is 0 Å². The summed E-state index contributed by atoms with van der Waals surface area (Å²) in [5.41, 5.74) is -0.364. The lowest BCUT2D eigenvalue weighted by Gasteiger charge is -2.37. The van der Waals surface area contributed by atoms with Crippen molar-refractivity contribution in [3.05, 3.63) is 29.8 Å². The minimum atomic E-state index is -2.85. The van der Waals surface area contributed by atoms with Crippen LogP contribution in [0.4, 0.5) is 8.78 Å². The highest BCUT2D eigenvalue weighted by Gasteiger charge is 2.44. The lowest BCUT2D eigenvalue weighted by molar-refractivity contribution is -0.115. The zero-order chi connectivity index (χ0) is 13.5. The summed E-state index contributed by atoms with van der Waals surface area (Å²) in [6.45, 7) is -2.85. The molecule has 3 nitrogen and oxygen atoms in total. The predicted octanol–water partition coefficient (Wildman–Crippen LogP) is 2.82. The van der Waals surface area contributed by atoms with Gasteiger partial charge in [-0.1, -0.05) is 12.1 Å². The van der Waals surface area contributed by atoms with Crippen LogP contribution in [0.15, 0.2) is 24.3 Å². The van der Waals surface area contributed by atoms with Gasteiger partial charge in [0.15, 0.2) is 0 Å². The van der Waals surface area contributed by atoms with Gasteiger partial charge >= 0.3 is 6.61 Å². The summed E-state index contributed by atoms with van der Waals surface area (Å²) in [4.78, 5) is 0. The van der Waals surface area contributed by atoms with E-state index in [4.69, 9.17) is 4.74 Å². The molecule has 19 heavy (non-hydrogen) atoms. The molecule has 0 aromatic heterocycles. The summed E-state index contributed by atoms with van der Waals surface area (Å²) < 4.78 is 34.5. The van der Waals surface area contributed by atoms with Crippen LogP contribution in [-0.2, 0) is 10.3 Å². The van der Waals surface area contributed by atoms with Gasteiger partial charge in [0.05, 0.1) is 17.8 Å². The summed E-state index contributed by atoms with van der Waals surface area (Å²) in [7, 11) is 0. The molecule has 0 aliphatic carbocycles. The Morgan fingerprint density at radius 1 is 1.26 bits per heavy atom. The number of alkyl halides is 2. The number of hydrogen-bond acceptors (Lipinski definition) is 3. The van der Waals surface area contributed by atoms with Crippen LogP contribution in [0.1, 0.15) is 31.2 Å². The molecule has 2 fully saturated rings. The van der Waals surface area contributed by atoms with Gasteiger partial charge in [0.1, 0.15) is 5.75 Å². The Kier molecular flexibility index (Phi) is 3.19. The molecule has 0 spiro atoms. The van der Waals surface area contributed by atoms with Gasteiger partial charge in [-0.2, -0.15) is 8.78 Å². The number of fused-ring (bicyclic) bond motifs is 2. The number of aliphatic hydroxyl groups is 1. The van der Waals surface area contributed by atoms with Crippen molar-refractivity contribution in [3.63, 3.8) is 0 Å². The highest BCUT2D eigenvalue weighted by molar-refractivity contribution is 5.33. The molecule has 0 amide bonds. The minimum Gasteiger partial charge on any atom is -0.435 e. The van der Waals surface area contributed by atoms with Crippen LogP contribution in [0.3, 0.4) is 0 Å². The molecule has 1 N–H and O–H groups in total. The lowest BCUT2D eigenvalue weighted by atomic mass is 9.83. The van der Waals surface area contributed by atoms with Gasteiger partial charge in [0, 0.05) is 12.8 Å². The number of benzene rings is 1. The first kappa shape index (κ1) is 12.8. The average molecular weight is 270 g/mol. The Balaban J connectivity index is 1.84. The third-order valence-electron chi connectivity index (χ3n) is 3.92. The predicted molar refractivity (Wildman–Crippen MR) is 64.1 cm³/mol. The molecule has 0 saturated carbocycles. The lowest BCUT2D eigenvalue weighted by Crippen LogP contribution is -2.38. The maximum atomic E-state index is 12.2. The van der Waals surface area contributed by atoms with E-state index in [1.54, 1.807) is 12.1 Å². The third-order valence-corrected chi connectivity index (χ3v) is 3.92. The molecule has 1 aromatic carbocycles. The number of halogens is 2. The van der Waals surface area contributed by atoms with E-state index in [1.165, 1.54) is 12.1 Å². The van der Waals surface area contributed by atoms with Crippen LogP contribution in [0.2, 0.25) is 0 Å². The summed E-state index contributed by atoms with van der Waals surface area (Å²) in [6, 6.07) is 6.34. The summed E-state index contributed by atoms with van der Waals surface area (Å²) >= 11 is 0. The maximum Gasteiger partial charge on any atom is 0.387 e. The highest BCUT2D eigenvalue weighted by atomic mass is 19.3. The highest BCUT2D eigenvalue weighted by Crippen LogP contribution is 2.44. The molecule has 5 heteroatoms. The smallest absolute Gasteiger partial charge is 0.387 e. The van der Waals surface area contributed by atoms with E-state index in [0.29, 0.717) is 18.4 Å². The summed E-state index contributed by atoms with van der Waals surface area (Å²) in [5, 5.41) is 10.8. The SMILES string of the molecule is OC1(c2cccc(OC(F)F)c2)CC2CCC(C1)O2. The van der Waals surface area contributed by atoms with Crippen molar-refractivity contribution >= 4 is 0 Å². The molecule has 2 unspecified atom stereocenters. The van der Waals surface area contributed by atoms with Crippen molar-refractivity contribution in [1.29, 1.82) is 0 Å². The maximum absolute atomic E-state index is 12.2. The van der Waals surface area contributed by atoms with Gasteiger partial charge in [-0.3, -0.25) is 0 Å². The van der Waals surface area contributed by atoms with Gasteiger partial charge in [-0.25, -0.2) is 0 Å². The van der Waals surface area contributed by atoms with Crippen LogP contribution in [0.5, 0.6) is 5.75 Å². The van der Waals surface area contributed by atoms with Crippen molar-refractivity contribution in [3.8, 4) is 5.75 Å². The van der Waals surface area contributed by atoms with E-state index in [2.05, 4.69) is 4.74 Å². The first-order chi connectivity index (χ1) is 9.05. The second-order valence-corrected chi connectivity index (χ2v) is 5.30. The number of rotatable bonds is 3. The summed E-state index contributed by atoms with van der Waals surface area (Å²) in [5.74, 6) is 0.0831. The van der Waals surface area contributed by atoms with Crippen molar-refractivity contribution in [1.82, 2.24) is 0 Å². The van der Waals surface area contributed by atoms with E-state index < -0.39 is 12.2 Å². The largest absolute Gasteiger partial charge is 0.435 e. The van der Waals surface area contributed by atoms with Gasteiger partial charge in [-0.05, 0) is 30.5 Å². The second kappa shape index (κ2) is 4.72. The van der Waals surface area contributed by atoms with Gasteiger partial charge < -0.3 is 14.6 Å². The molecule has 2 bridgehead atoms. The third kappa shape index (κ3) is 2.58. The fourth-order valence-corrected chi connectivity index (χ4v) is 3.11. The topological polar surface area (TPSA) is 38.7 Å². The van der Waals surface area contributed by atoms with Crippen LogP contribution >= 0.6 is 0 Å².